The highest BCUT2D eigenvalue weighted by Crippen LogP contribution is 2.22. The predicted molar refractivity (Wildman–Crippen MR) is 98.2 cm³/mol. The van der Waals surface area contributed by atoms with Gasteiger partial charge in [0.2, 0.25) is 5.91 Å². The Morgan fingerprint density at radius 1 is 0.964 bits per heavy atom. The number of carbonyl (C=O) groups is 2. The fourth-order valence-electron chi connectivity index (χ4n) is 2.19. The Hall–Kier alpha value is -3.14. The number of halogens is 1. The summed E-state index contributed by atoms with van der Waals surface area (Å²) in [7, 11) is -0.893. The second kappa shape index (κ2) is 9.18. The van der Waals surface area contributed by atoms with Crippen LogP contribution in [0.5, 0.6) is 11.5 Å². The van der Waals surface area contributed by atoms with Crippen LogP contribution in [0.25, 0.3) is 0 Å². The number of rotatable bonds is 7. The lowest BCUT2D eigenvalue weighted by molar-refractivity contribution is -0.121. The maximum Gasteiger partial charge on any atom is 0.269 e. The largest absolute Gasteiger partial charge is 0.497 e. The van der Waals surface area contributed by atoms with Crippen LogP contribution < -0.4 is 20.3 Å². The highest BCUT2D eigenvalue weighted by Gasteiger charge is 2.17. The van der Waals surface area contributed by atoms with E-state index in [1.807, 2.05) is 0 Å². The van der Waals surface area contributed by atoms with Crippen molar-refractivity contribution in [3.8, 4) is 11.5 Å². The minimum atomic E-state index is -3.75. The first kappa shape index (κ1) is 21.2. The molecule has 2 N–H and O–H groups in total. The van der Waals surface area contributed by atoms with Crippen LogP contribution in [-0.4, -0.2) is 40.2 Å². The molecule has 0 aliphatic carbocycles. The molecular formula is C18H19FN2O6S. The molecule has 10 heteroatoms. The summed E-state index contributed by atoms with van der Waals surface area (Å²) in [6.07, 6.45) is -0.387. The molecule has 8 nitrogen and oxygen atoms in total. The van der Waals surface area contributed by atoms with Gasteiger partial charge in [-0.2, -0.15) is 0 Å². The number of nitrogens with one attached hydrogen (secondary N) is 2. The Labute approximate surface area is 161 Å². The number of amides is 2. The summed E-state index contributed by atoms with van der Waals surface area (Å²) < 4.78 is 47.3. The molecule has 0 saturated carbocycles. The summed E-state index contributed by atoms with van der Waals surface area (Å²) in [5, 5.41) is 0. The highest BCUT2D eigenvalue weighted by atomic mass is 32.2. The first-order valence-corrected chi connectivity index (χ1v) is 9.71. The zero-order valence-corrected chi connectivity index (χ0v) is 16.0. The molecule has 0 aliphatic rings. The predicted octanol–water partition coefficient (Wildman–Crippen LogP) is 1.47. The number of hydrogen-bond donors (Lipinski definition) is 2. The third-order valence-electron chi connectivity index (χ3n) is 3.70. The molecule has 28 heavy (non-hydrogen) atoms. The van der Waals surface area contributed by atoms with Gasteiger partial charge >= 0.3 is 0 Å². The summed E-state index contributed by atoms with van der Waals surface area (Å²) in [5.74, 6) is -1.61. The lowest BCUT2D eigenvalue weighted by Crippen LogP contribution is -2.42. The van der Waals surface area contributed by atoms with Gasteiger partial charge in [0, 0.05) is 18.1 Å². The molecule has 0 fully saturated rings. The molecule has 2 rings (SSSR count). The summed E-state index contributed by atoms with van der Waals surface area (Å²) >= 11 is 0. The van der Waals surface area contributed by atoms with Crippen molar-refractivity contribution in [1.29, 1.82) is 0 Å². The Bertz CT molecular complexity index is 938. The van der Waals surface area contributed by atoms with Crippen LogP contribution in [0.4, 0.5) is 4.39 Å². The number of hydrogen-bond acceptors (Lipinski definition) is 6. The van der Waals surface area contributed by atoms with E-state index in [0.29, 0.717) is 11.5 Å². The number of ether oxygens (including phenoxy) is 2. The van der Waals surface area contributed by atoms with E-state index >= 15 is 0 Å². The average molecular weight is 410 g/mol. The van der Waals surface area contributed by atoms with Crippen molar-refractivity contribution >= 4 is 21.7 Å². The molecule has 2 aromatic rings. The van der Waals surface area contributed by atoms with Gasteiger partial charge in [0.05, 0.1) is 24.9 Å². The number of sulfone groups is 1. The van der Waals surface area contributed by atoms with Gasteiger partial charge in [-0.1, -0.05) is 0 Å². The van der Waals surface area contributed by atoms with Crippen LogP contribution in [0.3, 0.4) is 0 Å². The smallest absolute Gasteiger partial charge is 0.269 e. The van der Waals surface area contributed by atoms with Crippen molar-refractivity contribution in [2.24, 2.45) is 0 Å². The topological polar surface area (TPSA) is 111 Å². The summed E-state index contributed by atoms with van der Waals surface area (Å²) in [4.78, 5) is 23.9. The number of carbonyl (C=O) groups excluding carboxylic acids is 2. The Morgan fingerprint density at radius 3 is 2.07 bits per heavy atom. The van der Waals surface area contributed by atoms with Crippen molar-refractivity contribution in [3.63, 3.8) is 0 Å². The molecule has 0 radical (unpaired) electrons. The molecule has 2 aromatic carbocycles. The molecule has 0 atom stereocenters. The third kappa shape index (κ3) is 5.68. The van der Waals surface area contributed by atoms with Gasteiger partial charge in [-0.15, -0.1) is 0 Å². The van der Waals surface area contributed by atoms with Gasteiger partial charge in [-0.3, -0.25) is 20.4 Å². The van der Waals surface area contributed by atoms with E-state index < -0.39 is 33.2 Å². The van der Waals surface area contributed by atoms with Gasteiger partial charge in [-0.05, 0) is 36.4 Å². The maximum atomic E-state index is 12.9. The molecule has 0 aliphatic heterocycles. The molecule has 0 spiro atoms. The number of methoxy groups -OCH3 is 2. The SMILES string of the molecule is COc1cc(OC)cc(C(=O)NNC(=O)CCS(=O)(=O)c2ccc(F)cc2)c1. The van der Waals surface area contributed by atoms with Gasteiger partial charge in [0.25, 0.3) is 5.91 Å². The Kier molecular flexibility index (Phi) is 6.94. The minimum Gasteiger partial charge on any atom is -0.497 e. The van der Waals surface area contributed by atoms with Crippen molar-refractivity contribution < 1.29 is 31.9 Å². The minimum absolute atomic E-state index is 0.0887. The molecular weight excluding hydrogens is 391 g/mol. The van der Waals surface area contributed by atoms with E-state index in [4.69, 9.17) is 9.47 Å². The molecule has 2 amide bonds. The zero-order chi connectivity index (χ0) is 20.7. The lowest BCUT2D eigenvalue weighted by atomic mass is 10.2. The van der Waals surface area contributed by atoms with Crippen LogP contribution >= 0.6 is 0 Å². The molecule has 0 unspecified atom stereocenters. The number of hydrazine groups is 1. The van der Waals surface area contributed by atoms with Crippen LogP contribution in [0.15, 0.2) is 47.4 Å². The van der Waals surface area contributed by atoms with Gasteiger partial charge in [0.15, 0.2) is 9.84 Å². The molecule has 0 saturated heterocycles. The monoisotopic (exact) mass is 410 g/mol. The van der Waals surface area contributed by atoms with Crippen LogP contribution in [0.2, 0.25) is 0 Å². The fourth-order valence-corrected chi connectivity index (χ4v) is 3.43. The van der Waals surface area contributed by atoms with E-state index in [-0.39, 0.29) is 16.9 Å². The van der Waals surface area contributed by atoms with Crippen molar-refractivity contribution in [2.45, 2.75) is 11.3 Å². The summed E-state index contributed by atoms with van der Waals surface area (Å²) in [5.41, 5.74) is 4.51. The molecule has 150 valence electrons. The Balaban J connectivity index is 1.91. The lowest BCUT2D eigenvalue weighted by Gasteiger charge is -2.10. The second-order valence-corrected chi connectivity index (χ2v) is 7.74. The van der Waals surface area contributed by atoms with Gasteiger partial charge in [-0.25, -0.2) is 12.8 Å². The van der Waals surface area contributed by atoms with Gasteiger partial charge in [0.1, 0.15) is 17.3 Å². The van der Waals surface area contributed by atoms with E-state index in [2.05, 4.69) is 10.9 Å². The van der Waals surface area contributed by atoms with E-state index in [9.17, 15) is 22.4 Å². The van der Waals surface area contributed by atoms with Crippen molar-refractivity contribution in [1.82, 2.24) is 10.9 Å². The first-order valence-electron chi connectivity index (χ1n) is 8.06. The van der Waals surface area contributed by atoms with E-state index in [1.54, 1.807) is 6.07 Å². The van der Waals surface area contributed by atoms with Gasteiger partial charge < -0.3 is 9.47 Å². The number of benzene rings is 2. The van der Waals surface area contributed by atoms with E-state index in [1.165, 1.54) is 26.4 Å². The molecule has 0 bridgehead atoms. The molecule has 0 heterocycles. The Morgan fingerprint density at radius 2 is 1.54 bits per heavy atom. The second-order valence-electron chi connectivity index (χ2n) is 5.63. The normalized spacial score (nSPS) is 10.8. The molecule has 0 aromatic heterocycles. The van der Waals surface area contributed by atoms with Crippen LogP contribution in [-0.2, 0) is 14.6 Å². The summed E-state index contributed by atoms with van der Waals surface area (Å²) in [6.45, 7) is 0. The first-order chi connectivity index (χ1) is 13.2. The standard InChI is InChI=1S/C18H19FN2O6S/c1-26-14-9-12(10-15(11-14)27-2)18(23)21-20-17(22)7-8-28(24,25)16-5-3-13(19)4-6-16/h3-6,9-11H,7-8H2,1-2H3,(H,20,22)(H,21,23). The fraction of sp³-hybridized carbons (Fsp3) is 0.222. The van der Waals surface area contributed by atoms with E-state index in [0.717, 1.165) is 24.3 Å². The van der Waals surface area contributed by atoms with Crippen molar-refractivity contribution in [3.05, 3.63) is 53.8 Å². The van der Waals surface area contributed by atoms with Crippen LogP contribution in [0, 0.1) is 5.82 Å². The summed E-state index contributed by atoms with van der Waals surface area (Å²) in [6, 6.07) is 8.77. The van der Waals surface area contributed by atoms with Crippen molar-refractivity contribution in [2.75, 3.05) is 20.0 Å². The highest BCUT2D eigenvalue weighted by molar-refractivity contribution is 7.91. The zero-order valence-electron chi connectivity index (χ0n) is 15.2. The third-order valence-corrected chi connectivity index (χ3v) is 5.43. The maximum absolute atomic E-state index is 12.9. The van der Waals surface area contributed by atoms with Crippen LogP contribution in [0.1, 0.15) is 16.8 Å². The quantitative estimate of drug-likeness (QED) is 0.528. The average Bonchev–Trinajstić information content (AvgIpc) is 2.70.